The van der Waals surface area contributed by atoms with Gasteiger partial charge in [0.2, 0.25) is 5.91 Å². The number of aliphatic hydroxyl groups is 1. The standard InChI is InChI=1S/C16H21NO3S/c18-13-6-1-5-12(13)16(20)17-8-2-4-11(17)10-14(19)15-7-3-9-21-15/h3,7,9,11-13,18H,1-2,4-6,8,10H2. The van der Waals surface area contributed by atoms with Crippen LogP contribution in [0.3, 0.4) is 0 Å². The van der Waals surface area contributed by atoms with Gasteiger partial charge in [-0.25, -0.2) is 0 Å². The molecule has 4 nitrogen and oxygen atoms in total. The molecule has 1 N–H and O–H groups in total. The topological polar surface area (TPSA) is 57.6 Å². The lowest BCUT2D eigenvalue weighted by molar-refractivity contribution is -0.139. The van der Waals surface area contributed by atoms with Crippen LogP contribution < -0.4 is 0 Å². The van der Waals surface area contributed by atoms with Gasteiger partial charge >= 0.3 is 0 Å². The van der Waals surface area contributed by atoms with Gasteiger partial charge in [-0.3, -0.25) is 9.59 Å². The molecule has 1 aromatic heterocycles. The summed E-state index contributed by atoms with van der Waals surface area (Å²) >= 11 is 1.46. The van der Waals surface area contributed by atoms with Crippen molar-refractivity contribution in [3.63, 3.8) is 0 Å². The van der Waals surface area contributed by atoms with Crippen molar-refractivity contribution in [2.75, 3.05) is 6.54 Å². The second-order valence-corrected chi connectivity index (χ2v) is 6.98. The fraction of sp³-hybridized carbons (Fsp3) is 0.625. The average molecular weight is 307 g/mol. The second-order valence-electron chi connectivity index (χ2n) is 6.04. The van der Waals surface area contributed by atoms with E-state index in [2.05, 4.69) is 0 Å². The number of nitrogens with zero attached hydrogens (tertiary/aromatic N) is 1. The third-order valence-electron chi connectivity index (χ3n) is 4.67. The molecule has 0 spiro atoms. The zero-order valence-electron chi connectivity index (χ0n) is 12.0. The summed E-state index contributed by atoms with van der Waals surface area (Å²) in [6.45, 7) is 0.727. The summed E-state index contributed by atoms with van der Waals surface area (Å²) in [5, 5.41) is 11.8. The Morgan fingerprint density at radius 1 is 1.29 bits per heavy atom. The van der Waals surface area contributed by atoms with Crippen LogP contribution in [0.25, 0.3) is 0 Å². The SMILES string of the molecule is O=C(CC1CCCN1C(=O)C1CCCC1O)c1cccs1. The molecule has 3 unspecified atom stereocenters. The predicted molar refractivity (Wildman–Crippen MR) is 81.3 cm³/mol. The van der Waals surface area contributed by atoms with Crippen LogP contribution in [0, 0.1) is 5.92 Å². The van der Waals surface area contributed by atoms with Crippen molar-refractivity contribution >= 4 is 23.0 Å². The number of hydrogen-bond donors (Lipinski definition) is 1. The molecule has 2 heterocycles. The molecule has 1 aromatic rings. The number of carbonyl (C=O) groups is 2. The Bertz CT molecular complexity index is 514. The quantitative estimate of drug-likeness (QED) is 0.869. The lowest BCUT2D eigenvalue weighted by atomic mass is 10.0. The zero-order chi connectivity index (χ0) is 14.8. The summed E-state index contributed by atoms with van der Waals surface area (Å²) < 4.78 is 0. The van der Waals surface area contributed by atoms with E-state index in [-0.39, 0.29) is 23.7 Å². The minimum atomic E-state index is -0.494. The van der Waals surface area contributed by atoms with Crippen LogP contribution in [0.1, 0.15) is 48.2 Å². The molecule has 5 heteroatoms. The smallest absolute Gasteiger partial charge is 0.228 e. The molecule has 0 bridgehead atoms. The number of ketones is 1. The number of carbonyl (C=O) groups excluding carboxylic acids is 2. The maximum Gasteiger partial charge on any atom is 0.228 e. The number of aliphatic hydroxyl groups excluding tert-OH is 1. The molecular weight excluding hydrogens is 286 g/mol. The number of hydrogen-bond acceptors (Lipinski definition) is 4. The maximum atomic E-state index is 12.6. The fourth-order valence-electron chi connectivity index (χ4n) is 3.53. The van der Waals surface area contributed by atoms with E-state index in [0.29, 0.717) is 6.42 Å². The van der Waals surface area contributed by atoms with E-state index >= 15 is 0 Å². The van der Waals surface area contributed by atoms with E-state index in [4.69, 9.17) is 0 Å². The molecule has 3 atom stereocenters. The number of thiophene rings is 1. The van der Waals surface area contributed by atoms with Crippen molar-refractivity contribution < 1.29 is 14.7 Å². The average Bonchev–Trinajstić information content (AvgIpc) is 3.19. The predicted octanol–water partition coefficient (Wildman–Crippen LogP) is 2.47. The van der Waals surface area contributed by atoms with E-state index in [9.17, 15) is 14.7 Å². The molecule has 0 radical (unpaired) electrons. The number of Topliss-reactive ketones (excluding diaryl/α,β-unsaturated/α-hetero) is 1. The molecule has 1 aliphatic heterocycles. The summed E-state index contributed by atoms with van der Waals surface area (Å²) in [5.74, 6) is -0.0643. The zero-order valence-corrected chi connectivity index (χ0v) is 12.8. The van der Waals surface area contributed by atoms with Gasteiger partial charge in [-0.05, 0) is 43.6 Å². The van der Waals surface area contributed by atoms with Gasteiger partial charge in [-0.2, -0.15) is 0 Å². The molecule has 2 fully saturated rings. The highest BCUT2D eigenvalue weighted by molar-refractivity contribution is 7.12. The van der Waals surface area contributed by atoms with E-state index in [0.717, 1.165) is 43.5 Å². The van der Waals surface area contributed by atoms with Gasteiger partial charge in [0.25, 0.3) is 0 Å². The minimum Gasteiger partial charge on any atom is -0.392 e. The summed E-state index contributed by atoms with van der Waals surface area (Å²) in [7, 11) is 0. The van der Waals surface area contributed by atoms with Crippen molar-refractivity contribution in [1.29, 1.82) is 0 Å². The van der Waals surface area contributed by atoms with E-state index in [1.165, 1.54) is 11.3 Å². The van der Waals surface area contributed by atoms with Crippen LogP contribution in [0.5, 0.6) is 0 Å². The first-order valence-corrected chi connectivity index (χ1v) is 8.60. The third kappa shape index (κ3) is 3.04. The molecule has 21 heavy (non-hydrogen) atoms. The highest BCUT2D eigenvalue weighted by Gasteiger charge is 2.39. The van der Waals surface area contributed by atoms with Crippen molar-refractivity contribution in [3.8, 4) is 0 Å². The number of likely N-dealkylation sites (tertiary alicyclic amines) is 1. The van der Waals surface area contributed by atoms with Gasteiger partial charge in [0, 0.05) is 19.0 Å². The van der Waals surface area contributed by atoms with Gasteiger partial charge in [0.15, 0.2) is 5.78 Å². The number of amides is 1. The van der Waals surface area contributed by atoms with Gasteiger partial charge < -0.3 is 10.0 Å². The second kappa shape index (κ2) is 6.28. The highest BCUT2D eigenvalue weighted by atomic mass is 32.1. The summed E-state index contributed by atoms with van der Waals surface area (Å²) in [4.78, 5) is 27.5. The molecule has 1 saturated carbocycles. The van der Waals surface area contributed by atoms with Crippen LogP contribution in [0.2, 0.25) is 0 Å². The van der Waals surface area contributed by atoms with E-state index in [1.807, 2.05) is 22.4 Å². The summed E-state index contributed by atoms with van der Waals surface area (Å²) in [6.07, 6.45) is 4.19. The van der Waals surface area contributed by atoms with Crippen molar-refractivity contribution in [1.82, 2.24) is 4.90 Å². The molecule has 1 aliphatic carbocycles. The van der Waals surface area contributed by atoms with E-state index < -0.39 is 6.10 Å². The van der Waals surface area contributed by atoms with Crippen LogP contribution >= 0.6 is 11.3 Å². The van der Waals surface area contributed by atoms with Crippen LogP contribution in [0.15, 0.2) is 17.5 Å². The molecule has 1 amide bonds. The Morgan fingerprint density at radius 2 is 2.14 bits per heavy atom. The van der Waals surface area contributed by atoms with Gasteiger partial charge in [0.1, 0.15) is 0 Å². The van der Waals surface area contributed by atoms with Crippen LogP contribution in [-0.4, -0.2) is 40.4 Å². The van der Waals surface area contributed by atoms with Crippen LogP contribution in [-0.2, 0) is 4.79 Å². The Hall–Kier alpha value is -1.20. The van der Waals surface area contributed by atoms with Crippen LogP contribution in [0.4, 0.5) is 0 Å². The van der Waals surface area contributed by atoms with Gasteiger partial charge in [-0.15, -0.1) is 11.3 Å². The Balaban J connectivity index is 1.65. The first kappa shape index (κ1) is 14.7. The largest absolute Gasteiger partial charge is 0.392 e. The Labute approximate surface area is 128 Å². The van der Waals surface area contributed by atoms with Gasteiger partial charge in [0.05, 0.1) is 16.9 Å². The first-order chi connectivity index (χ1) is 10.2. The summed E-state index contributed by atoms with van der Waals surface area (Å²) in [6, 6.07) is 3.74. The lowest BCUT2D eigenvalue weighted by Gasteiger charge is -2.28. The molecule has 3 rings (SSSR count). The van der Waals surface area contributed by atoms with Crippen molar-refractivity contribution in [3.05, 3.63) is 22.4 Å². The summed E-state index contributed by atoms with van der Waals surface area (Å²) in [5.41, 5.74) is 0. The molecular formula is C16H21NO3S. The Morgan fingerprint density at radius 3 is 2.81 bits per heavy atom. The molecule has 0 aromatic carbocycles. The molecule has 1 saturated heterocycles. The van der Waals surface area contributed by atoms with Crippen molar-refractivity contribution in [2.45, 2.75) is 50.7 Å². The maximum absolute atomic E-state index is 12.6. The first-order valence-electron chi connectivity index (χ1n) is 7.72. The van der Waals surface area contributed by atoms with E-state index in [1.54, 1.807) is 0 Å². The molecule has 114 valence electrons. The lowest BCUT2D eigenvalue weighted by Crippen LogP contribution is -2.42. The fourth-order valence-corrected chi connectivity index (χ4v) is 4.21. The normalized spacial score (nSPS) is 29.0. The molecule has 2 aliphatic rings. The van der Waals surface area contributed by atoms with Gasteiger partial charge in [-0.1, -0.05) is 6.07 Å². The van der Waals surface area contributed by atoms with Crippen molar-refractivity contribution in [2.24, 2.45) is 5.92 Å². The highest BCUT2D eigenvalue weighted by Crippen LogP contribution is 2.31. The third-order valence-corrected chi connectivity index (χ3v) is 5.58. The number of rotatable bonds is 4. The minimum absolute atomic E-state index is 0.0138. The Kier molecular flexibility index (Phi) is 4.40. The monoisotopic (exact) mass is 307 g/mol.